The monoisotopic (exact) mass is 457 g/mol. The van der Waals surface area contributed by atoms with Crippen molar-refractivity contribution in [3.63, 3.8) is 0 Å². The van der Waals surface area contributed by atoms with Crippen molar-refractivity contribution in [2.75, 3.05) is 11.0 Å². The van der Waals surface area contributed by atoms with Crippen LogP contribution in [-0.4, -0.2) is 25.6 Å². The summed E-state index contributed by atoms with van der Waals surface area (Å²) in [6, 6.07) is 8.93. The molecule has 2 N–H and O–H groups in total. The molecule has 0 aliphatic carbocycles. The number of aryl methyl sites for hydroxylation is 2. The zero-order valence-corrected chi connectivity index (χ0v) is 18.2. The highest BCUT2D eigenvalue weighted by molar-refractivity contribution is 7.92. The fourth-order valence-corrected chi connectivity index (χ4v) is 3.48. The fraction of sp³-hybridized carbons (Fsp3) is 0.429. The van der Waals surface area contributed by atoms with E-state index < -0.39 is 21.9 Å². The smallest absolute Gasteiger partial charge is 0.352 e. The summed E-state index contributed by atoms with van der Waals surface area (Å²) in [7, 11) is -3.36. The minimum absolute atomic E-state index is 0.125. The summed E-state index contributed by atoms with van der Waals surface area (Å²) in [5.41, 5.74) is 1.33. The van der Waals surface area contributed by atoms with Crippen LogP contribution in [0.1, 0.15) is 48.7 Å². The second-order valence-electron chi connectivity index (χ2n) is 7.25. The number of alkyl halides is 3. The number of amides is 1. The molecule has 0 unspecified atom stereocenters. The number of anilines is 1. The first-order valence-electron chi connectivity index (χ1n) is 9.87. The highest BCUT2D eigenvalue weighted by Gasteiger charge is 2.32. The third-order valence-electron chi connectivity index (χ3n) is 4.49. The van der Waals surface area contributed by atoms with Crippen molar-refractivity contribution in [3.05, 3.63) is 58.9 Å². The van der Waals surface area contributed by atoms with Crippen molar-refractivity contribution < 1.29 is 26.4 Å². The molecule has 0 spiro atoms. The lowest BCUT2D eigenvalue weighted by atomic mass is 10.0. The van der Waals surface area contributed by atoms with E-state index in [0.717, 1.165) is 30.7 Å². The third kappa shape index (κ3) is 8.56. The minimum Gasteiger partial charge on any atom is -0.352 e. The van der Waals surface area contributed by atoms with Crippen LogP contribution in [0.15, 0.2) is 36.4 Å². The molecule has 1 aromatic heterocycles. The van der Waals surface area contributed by atoms with Crippen molar-refractivity contribution in [1.29, 1.82) is 0 Å². The molecule has 0 bridgehead atoms. The van der Waals surface area contributed by atoms with Crippen LogP contribution in [0.2, 0.25) is 0 Å². The molecular formula is C21H26F3N3O3S. The number of sulfonamides is 1. The SMILES string of the molecule is CCCCc1nc(C(F)(F)F)ccc1CCC(=O)NCc1ccc(NS(C)(=O)=O)cc1. The Balaban J connectivity index is 1.93. The van der Waals surface area contributed by atoms with Gasteiger partial charge in [-0.2, -0.15) is 13.2 Å². The molecule has 0 aliphatic rings. The van der Waals surface area contributed by atoms with Crippen LogP contribution in [0.25, 0.3) is 0 Å². The summed E-state index contributed by atoms with van der Waals surface area (Å²) in [6.07, 6.45) is -1.03. The number of aromatic nitrogens is 1. The maximum atomic E-state index is 12.9. The second-order valence-corrected chi connectivity index (χ2v) is 9.00. The molecule has 1 aromatic carbocycles. The standard InChI is InChI=1S/C21H26F3N3O3S/c1-3-4-5-18-16(8-12-19(26-18)21(22,23)24)9-13-20(28)25-14-15-6-10-17(11-7-15)27-31(2,29)30/h6-8,10-12,27H,3-5,9,13-14H2,1-2H3,(H,25,28). The van der Waals surface area contributed by atoms with Crippen molar-refractivity contribution in [3.8, 4) is 0 Å². The first-order valence-corrected chi connectivity index (χ1v) is 11.8. The number of hydrogen-bond acceptors (Lipinski definition) is 4. The average molecular weight is 458 g/mol. The van der Waals surface area contributed by atoms with E-state index in [0.29, 0.717) is 29.8 Å². The number of halogens is 3. The molecule has 0 atom stereocenters. The summed E-state index contributed by atoms with van der Waals surface area (Å²) in [5.74, 6) is -0.236. The summed E-state index contributed by atoms with van der Waals surface area (Å²) >= 11 is 0. The van der Waals surface area contributed by atoms with Crippen LogP contribution in [0.3, 0.4) is 0 Å². The van der Waals surface area contributed by atoms with Gasteiger partial charge in [-0.15, -0.1) is 0 Å². The van der Waals surface area contributed by atoms with Gasteiger partial charge in [0.15, 0.2) is 0 Å². The van der Waals surface area contributed by atoms with E-state index in [9.17, 15) is 26.4 Å². The predicted octanol–water partition coefficient (Wildman–Crippen LogP) is 4.06. The van der Waals surface area contributed by atoms with E-state index in [2.05, 4.69) is 15.0 Å². The van der Waals surface area contributed by atoms with E-state index >= 15 is 0 Å². The van der Waals surface area contributed by atoms with Gasteiger partial charge in [0.25, 0.3) is 0 Å². The molecule has 0 fully saturated rings. The summed E-state index contributed by atoms with van der Waals surface area (Å²) in [6.45, 7) is 2.20. The van der Waals surface area contributed by atoms with Crippen LogP contribution in [0.5, 0.6) is 0 Å². The van der Waals surface area contributed by atoms with E-state index in [4.69, 9.17) is 0 Å². The molecular weight excluding hydrogens is 431 g/mol. The summed E-state index contributed by atoms with van der Waals surface area (Å²) in [4.78, 5) is 16.0. The molecule has 170 valence electrons. The Bertz CT molecular complexity index is 991. The first-order chi connectivity index (χ1) is 14.5. The quantitative estimate of drug-likeness (QED) is 0.563. The number of unbranched alkanes of at least 4 members (excludes halogenated alkanes) is 1. The number of pyridine rings is 1. The average Bonchev–Trinajstić information content (AvgIpc) is 2.68. The van der Waals surface area contributed by atoms with Gasteiger partial charge in [-0.25, -0.2) is 13.4 Å². The van der Waals surface area contributed by atoms with Gasteiger partial charge in [0.05, 0.1) is 6.26 Å². The molecule has 1 heterocycles. The Labute approximate surface area is 180 Å². The van der Waals surface area contributed by atoms with Crippen LogP contribution in [-0.2, 0) is 40.4 Å². The summed E-state index contributed by atoms with van der Waals surface area (Å²) < 4.78 is 63.6. The van der Waals surface area contributed by atoms with Crippen molar-refractivity contribution in [2.45, 2.75) is 51.7 Å². The van der Waals surface area contributed by atoms with E-state index in [-0.39, 0.29) is 18.9 Å². The van der Waals surface area contributed by atoms with E-state index in [1.54, 1.807) is 24.3 Å². The lowest BCUT2D eigenvalue weighted by Gasteiger charge is -2.13. The van der Waals surface area contributed by atoms with Crippen molar-refractivity contribution >= 4 is 21.6 Å². The molecule has 1 amide bonds. The number of hydrogen-bond donors (Lipinski definition) is 2. The van der Waals surface area contributed by atoms with Crippen molar-refractivity contribution in [1.82, 2.24) is 10.3 Å². The fourth-order valence-electron chi connectivity index (χ4n) is 2.92. The number of rotatable bonds is 10. The lowest BCUT2D eigenvalue weighted by molar-refractivity contribution is -0.141. The second kappa shape index (κ2) is 10.6. The maximum absolute atomic E-state index is 12.9. The highest BCUT2D eigenvalue weighted by Crippen LogP contribution is 2.29. The largest absolute Gasteiger partial charge is 0.433 e. The van der Waals surface area contributed by atoms with Crippen LogP contribution < -0.4 is 10.0 Å². The van der Waals surface area contributed by atoms with Gasteiger partial charge in [0, 0.05) is 24.3 Å². The Kier molecular flexibility index (Phi) is 8.43. The maximum Gasteiger partial charge on any atom is 0.433 e. The number of carbonyl (C=O) groups excluding carboxylic acids is 1. The molecule has 0 aliphatic heterocycles. The Hall–Kier alpha value is -2.62. The topological polar surface area (TPSA) is 88.2 Å². The van der Waals surface area contributed by atoms with Crippen LogP contribution in [0.4, 0.5) is 18.9 Å². The van der Waals surface area contributed by atoms with Gasteiger partial charge in [0.1, 0.15) is 5.69 Å². The molecule has 0 radical (unpaired) electrons. The van der Waals surface area contributed by atoms with Gasteiger partial charge in [-0.1, -0.05) is 31.5 Å². The van der Waals surface area contributed by atoms with Crippen LogP contribution >= 0.6 is 0 Å². The summed E-state index contributed by atoms with van der Waals surface area (Å²) in [5, 5.41) is 2.76. The van der Waals surface area contributed by atoms with E-state index in [1.807, 2.05) is 6.92 Å². The number of carbonyl (C=O) groups is 1. The minimum atomic E-state index is -4.50. The number of nitrogens with zero attached hydrogens (tertiary/aromatic N) is 1. The molecule has 31 heavy (non-hydrogen) atoms. The van der Waals surface area contributed by atoms with Gasteiger partial charge in [-0.05, 0) is 48.6 Å². The molecule has 2 aromatic rings. The lowest BCUT2D eigenvalue weighted by Crippen LogP contribution is -2.23. The van der Waals surface area contributed by atoms with Gasteiger partial charge >= 0.3 is 6.18 Å². The third-order valence-corrected chi connectivity index (χ3v) is 5.10. The van der Waals surface area contributed by atoms with E-state index in [1.165, 1.54) is 6.07 Å². The zero-order valence-electron chi connectivity index (χ0n) is 17.4. The number of nitrogens with one attached hydrogen (secondary N) is 2. The molecule has 0 saturated carbocycles. The Morgan fingerprint density at radius 1 is 1.06 bits per heavy atom. The zero-order chi connectivity index (χ0) is 23.1. The first kappa shape index (κ1) is 24.6. The normalized spacial score (nSPS) is 11.9. The van der Waals surface area contributed by atoms with Gasteiger partial charge in [0.2, 0.25) is 15.9 Å². The van der Waals surface area contributed by atoms with Gasteiger partial charge < -0.3 is 5.32 Å². The Morgan fingerprint density at radius 2 is 1.74 bits per heavy atom. The van der Waals surface area contributed by atoms with Crippen LogP contribution in [0, 0.1) is 0 Å². The Morgan fingerprint density at radius 3 is 2.32 bits per heavy atom. The van der Waals surface area contributed by atoms with Gasteiger partial charge in [-0.3, -0.25) is 9.52 Å². The molecule has 10 heteroatoms. The molecule has 2 rings (SSSR count). The number of benzene rings is 1. The highest BCUT2D eigenvalue weighted by atomic mass is 32.2. The molecule has 6 nitrogen and oxygen atoms in total. The molecule has 0 saturated heterocycles. The predicted molar refractivity (Wildman–Crippen MR) is 113 cm³/mol. The van der Waals surface area contributed by atoms with Crippen molar-refractivity contribution in [2.24, 2.45) is 0 Å².